The summed E-state index contributed by atoms with van der Waals surface area (Å²) in [5.74, 6) is -0.202. The van der Waals surface area contributed by atoms with Crippen molar-refractivity contribution in [2.45, 2.75) is 32.1 Å². The van der Waals surface area contributed by atoms with Gasteiger partial charge in [-0.1, -0.05) is 24.3 Å². The standard InChI is InChI=1S/C17H20O4/c1-2-21-16(19)17(11-20-8-7-15(17)18)10-13-9-12-5-3-4-6-14(12)13/h3-6,13H,2,7-11H2,1H3. The number of esters is 1. The van der Waals surface area contributed by atoms with Gasteiger partial charge in [-0.25, -0.2) is 0 Å². The minimum Gasteiger partial charge on any atom is -0.465 e. The second-order valence-corrected chi connectivity index (χ2v) is 5.83. The topological polar surface area (TPSA) is 52.6 Å². The van der Waals surface area contributed by atoms with Crippen LogP contribution in [0.3, 0.4) is 0 Å². The predicted molar refractivity (Wildman–Crippen MR) is 77.0 cm³/mol. The molecule has 0 radical (unpaired) electrons. The molecule has 4 heteroatoms. The highest BCUT2D eigenvalue weighted by molar-refractivity contribution is 6.04. The Morgan fingerprint density at radius 1 is 1.43 bits per heavy atom. The van der Waals surface area contributed by atoms with Gasteiger partial charge in [0.1, 0.15) is 5.41 Å². The molecule has 1 heterocycles. The normalized spacial score (nSPS) is 27.7. The maximum absolute atomic E-state index is 12.4. The molecular formula is C17H20O4. The summed E-state index contributed by atoms with van der Waals surface area (Å²) < 4.78 is 10.6. The minimum atomic E-state index is -1.10. The largest absolute Gasteiger partial charge is 0.465 e. The number of fused-ring (bicyclic) bond motifs is 1. The lowest BCUT2D eigenvalue weighted by Gasteiger charge is -2.39. The number of carbonyl (C=O) groups excluding carboxylic acids is 2. The molecule has 0 amide bonds. The number of hydrogen-bond acceptors (Lipinski definition) is 4. The first-order valence-electron chi connectivity index (χ1n) is 7.53. The molecular weight excluding hydrogens is 268 g/mol. The zero-order chi connectivity index (χ0) is 14.9. The van der Waals surface area contributed by atoms with Crippen LogP contribution < -0.4 is 0 Å². The third kappa shape index (κ3) is 2.38. The van der Waals surface area contributed by atoms with Gasteiger partial charge in [0.25, 0.3) is 0 Å². The van der Waals surface area contributed by atoms with Crippen LogP contribution in [0.25, 0.3) is 0 Å². The van der Waals surface area contributed by atoms with Gasteiger partial charge in [0.2, 0.25) is 0 Å². The monoisotopic (exact) mass is 288 g/mol. The van der Waals surface area contributed by atoms with E-state index in [0.29, 0.717) is 19.4 Å². The molecule has 1 fully saturated rings. The Hall–Kier alpha value is -1.68. The summed E-state index contributed by atoms with van der Waals surface area (Å²) in [6, 6.07) is 8.20. The summed E-state index contributed by atoms with van der Waals surface area (Å²) in [5.41, 5.74) is 1.46. The lowest BCUT2D eigenvalue weighted by molar-refractivity contribution is -0.170. The van der Waals surface area contributed by atoms with Crippen LogP contribution in [0, 0.1) is 5.41 Å². The van der Waals surface area contributed by atoms with E-state index in [1.807, 2.05) is 12.1 Å². The smallest absolute Gasteiger partial charge is 0.322 e. The van der Waals surface area contributed by atoms with Gasteiger partial charge in [0.15, 0.2) is 5.78 Å². The van der Waals surface area contributed by atoms with Gasteiger partial charge in [-0.2, -0.15) is 0 Å². The summed E-state index contributed by atoms with van der Waals surface area (Å²) in [6.07, 6.45) is 1.72. The highest BCUT2D eigenvalue weighted by atomic mass is 16.5. The van der Waals surface area contributed by atoms with Crippen molar-refractivity contribution >= 4 is 11.8 Å². The fraction of sp³-hybridized carbons (Fsp3) is 0.529. The van der Waals surface area contributed by atoms with Crippen molar-refractivity contribution < 1.29 is 19.1 Å². The van der Waals surface area contributed by atoms with Gasteiger partial charge in [0, 0.05) is 6.42 Å². The molecule has 1 aliphatic carbocycles. The molecule has 0 spiro atoms. The van der Waals surface area contributed by atoms with Gasteiger partial charge in [-0.15, -0.1) is 0 Å². The molecule has 3 rings (SSSR count). The van der Waals surface area contributed by atoms with E-state index in [1.54, 1.807) is 6.92 Å². The first-order chi connectivity index (χ1) is 10.2. The number of hydrogen-bond donors (Lipinski definition) is 0. The molecule has 2 atom stereocenters. The van der Waals surface area contributed by atoms with E-state index >= 15 is 0 Å². The van der Waals surface area contributed by atoms with Gasteiger partial charge in [0.05, 0.1) is 19.8 Å². The third-order valence-corrected chi connectivity index (χ3v) is 4.58. The van der Waals surface area contributed by atoms with Crippen molar-refractivity contribution in [1.82, 2.24) is 0 Å². The Kier molecular flexibility index (Phi) is 3.81. The van der Waals surface area contributed by atoms with Crippen LogP contribution in [0.1, 0.15) is 36.8 Å². The average molecular weight is 288 g/mol. The highest BCUT2D eigenvalue weighted by Crippen LogP contribution is 2.45. The van der Waals surface area contributed by atoms with Crippen molar-refractivity contribution in [1.29, 1.82) is 0 Å². The number of ketones is 1. The molecule has 112 valence electrons. The van der Waals surface area contributed by atoms with Crippen molar-refractivity contribution in [2.24, 2.45) is 5.41 Å². The Morgan fingerprint density at radius 2 is 2.24 bits per heavy atom. The van der Waals surface area contributed by atoms with Crippen molar-refractivity contribution in [3.8, 4) is 0 Å². The van der Waals surface area contributed by atoms with Crippen LogP contribution >= 0.6 is 0 Å². The lowest BCUT2D eigenvalue weighted by atomic mass is 9.66. The number of ether oxygens (including phenoxy) is 2. The van der Waals surface area contributed by atoms with E-state index in [4.69, 9.17) is 9.47 Å². The molecule has 0 aromatic heterocycles. The van der Waals surface area contributed by atoms with Crippen molar-refractivity contribution in [3.63, 3.8) is 0 Å². The Morgan fingerprint density at radius 3 is 2.95 bits per heavy atom. The van der Waals surface area contributed by atoms with E-state index in [1.165, 1.54) is 11.1 Å². The van der Waals surface area contributed by atoms with Crippen LogP contribution in [-0.2, 0) is 25.5 Å². The molecule has 21 heavy (non-hydrogen) atoms. The molecule has 0 saturated carbocycles. The summed E-state index contributed by atoms with van der Waals surface area (Å²) in [7, 11) is 0. The second kappa shape index (κ2) is 5.60. The summed E-state index contributed by atoms with van der Waals surface area (Å²) in [5, 5.41) is 0. The fourth-order valence-corrected chi connectivity index (χ4v) is 3.39. The van der Waals surface area contributed by atoms with Crippen LogP contribution in [0.5, 0.6) is 0 Å². The van der Waals surface area contributed by atoms with E-state index in [2.05, 4.69) is 12.1 Å². The van der Waals surface area contributed by atoms with E-state index in [9.17, 15) is 9.59 Å². The Balaban J connectivity index is 1.84. The van der Waals surface area contributed by atoms with E-state index in [0.717, 1.165) is 6.42 Å². The SMILES string of the molecule is CCOC(=O)C1(CC2Cc3ccccc32)COCCC1=O. The maximum Gasteiger partial charge on any atom is 0.322 e. The van der Waals surface area contributed by atoms with E-state index < -0.39 is 11.4 Å². The minimum absolute atomic E-state index is 0.0309. The van der Waals surface area contributed by atoms with Gasteiger partial charge >= 0.3 is 5.97 Å². The second-order valence-electron chi connectivity index (χ2n) is 5.83. The van der Waals surface area contributed by atoms with Crippen LogP contribution in [-0.4, -0.2) is 31.6 Å². The number of rotatable bonds is 4. The van der Waals surface area contributed by atoms with Crippen molar-refractivity contribution in [2.75, 3.05) is 19.8 Å². The molecule has 2 aliphatic rings. The first kappa shape index (κ1) is 14.3. The molecule has 2 unspecified atom stereocenters. The first-order valence-corrected chi connectivity index (χ1v) is 7.53. The predicted octanol–water partition coefficient (Wildman–Crippen LogP) is 2.26. The molecule has 1 aromatic carbocycles. The summed E-state index contributed by atoms with van der Waals surface area (Å²) in [4.78, 5) is 24.8. The summed E-state index contributed by atoms with van der Waals surface area (Å²) >= 11 is 0. The molecule has 1 aliphatic heterocycles. The molecule has 0 bridgehead atoms. The van der Waals surface area contributed by atoms with Gasteiger partial charge in [-0.05, 0) is 36.8 Å². The average Bonchev–Trinajstić information content (AvgIpc) is 2.47. The molecule has 1 aromatic rings. The Labute approximate surface area is 124 Å². The maximum atomic E-state index is 12.4. The summed E-state index contributed by atoms with van der Waals surface area (Å²) in [6.45, 7) is 2.61. The lowest BCUT2D eigenvalue weighted by Crippen LogP contribution is -2.49. The molecule has 0 N–H and O–H groups in total. The zero-order valence-electron chi connectivity index (χ0n) is 12.3. The fourth-order valence-electron chi connectivity index (χ4n) is 3.39. The third-order valence-electron chi connectivity index (χ3n) is 4.58. The van der Waals surface area contributed by atoms with Gasteiger partial charge < -0.3 is 9.47 Å². The Bertz CT molecular complexity index is 566. The zero-order valence-corrected chi connectivity index (χ0v) is 12.3. The van der Waals surface area contributed by atoms with E-state index in [-0.39, 0.29) is 24.9 Å². The van der Waals surface area contributed by atoms with Crippen LogP contribution in [0.4, 0.5) is 0 Å². The molecule has 1 saturated heterocycles. The van der Waals surface area contributed by atoms with Crippen molar-refractivity contribution in [3.05, 3.63) is 35.4 Å². The number of Topliss-reactive ketones (excluding diaryl/α,β-unsaturated/α-hetero) is 1. The highest BCUT2D eigenvalue weighted by Gasteiger charge is 2.51. The molecule has 4 nitrogen and oxygen atoms in total. The van der Waals surface area contributed by atoms with Crippen LogP contribution in [0.15, 0.2) is 24.3 Å². The number of benzene rings is 1. The van der Waals surface area contributed by atoms with Crippen LogP contribution in [0.2, 0.25) is 0 Å². The number of carbonyl (C=O) groups is 2. The van der Waals surface area contributed by atoms with Gasteiger partial charge in [-0.3, -0.25) is 9.59 Å². The quantitative estimate of drug-likeness (QED) is 0.630.